The van der Waals surface area contributed by atoms with Gasteiger partial charge in [-0.25, -0.2) is 13.2 Å². The molecule has 0 N–H and O–H groups in total. The van der Waals surface area contributed by atoms with Crippen LogP contribution in [0.3, 0.4) is 0 Å². The van der Waals surface area contributed by atoms with Crippen molar-refractivity contribution in [2.75, 3.05) is 18.2 Å². The van der Waals surface area contributed by atoms with E-state index in [1.807, 2.05) is 0 Å². The number of halogens is 3. The predicted octanol–water partition coefficient (Wildman–Crippen LogP) is 4.10. The number of hydrogen-bond acceptors (Lipinski definition) is 5. The highest BCUT2D eigenvalue weighted by atomic mass is 32.2. The number of thioether (sulfide) groups is 1. The van der Waals surface area contributed by atoms with E-state index in [0.29, 0.717) is 30.5 Å². The maximum absolute atomic E-state index is 13.3. The molecule has 1 saturated heterocycles. The summed E-state index contributed by atoms with van der Waals surface area (Å²) in [6.07, 6.45) is -4.39. The van der Waals surface area contributed by atoms with Gasteiger partial charge in [-0.3, -0.25) is 0 Å². The highest BCUT2D eigenvalue weighted by Gasteiger charge is 2.34. The molecule has 158 valence electrons. The molecular weight excluding hydrogens is 439 g/mol. The Labute approximate surface area is 174 Å². The highest BCUT2D eigenvalue weighted by Crippen LogP contribution is 2.34. The van der Waals surface area contributed by atoms with E-state index in [9.17, 15) is 26.4 Å². The number of nitrogens with zero attached hydrogens (tertiary/aromatic N) is 1. The van der Waals surface area contributed by atoms with Crippen LogP contribution in [-0.2, 0) is 22.6 Å². The first-order chi connectivity index (χ1) is 14.1. The summed E-state index contributed by atoms with van der Waals surface area (Å²) in [5.41, 5.74) is -0.914. The molecule has 2 aromatic carbocycles. The minimum Gasteiger partial charge on any atom is -0.423 e. The summed E-state index contributed by atoms with van der Waals surface area (Å²) in [7, 11) is -3.54. The normalized spacial score (nSPS) is 15.7. The Morgan fingerprint density at radius 3 is 2.37 bits per heavy atom. The van der Waals surface area contributed by atoms with Crippen molar-refractivity contribution in [1.29, 1.82) is 0 Å². The zero-order chi connectivity index (χ0) is 21.5. The maximum atomic E-state index is 13.3. The second kappa shape index (κ2) is 7.75. The van der Waals surface area contributed by atoms with E-state index in [0.717, 1.165) is 11.3 Å². The van der Waals surface area contributed by atoms with Crippen molar-refractivity contribution in [3.05, 3.63) is 75.6 Å². The standard InChI is InChI=1S/C20H16F3NO4S2/c21-20(22,23)17-11-19(25)28-18-6-3-14(10-16(17)18)9-13-1-4-15(5-2-13)30(26,27)24-7-8-29-12-24/h1-6,10-11H,7-9,12H2. The molecule has 5 nitrogen and oxygen atoms in total. The molecule has 1 fully saturated rings. The summed E-state index contributed by atoms with van der Waals surface area (Å²) in [5.74, 6) is 1.19. The lowest BCUT2D eigenvalue weighted by molar-refractivity contribution is -0.136. The van der Waals surface area contributed by atoms with Gasteiger partial charge in [0.05, 0.1) is 16.3 Å². The van der Waals surface area contributed by atoms with Crippen LogP contribution in [0.4, 0.5) is 13.2 Å². The molecule has 0 amide bonds. The first kappa shape index (κ1) is 21.0. The molecule has 3 aromatic rings. The molecule has 4 rings (SSSR count). The Morgan fingerprint density at radius 2 is 1.73 bits per heavy atom. The number of benzene rings is 2. The summed E-state index contributed by atoms with van der Waals surface area (Å²) in [6.45, 7) is 0.476. The number of fused-ring (bicyclic) bond motifs is 1. The van der Waals surface area contributed by atoms with Gasteiger partial charge in [-0.05, 0) is 41.8 Å². The van der Waals surface area contributed by atoms with Crippen LogP contribution in [0.2, 0.25) is 0 Å². The van der Waals surface area contributed by atoms with Gasteiger partial charge >= 0.3 is 11.8 Å². The fourth-order valence-electron chi connectivity index (χ4n) is 3.31. The van der Waals surface area contributed by atoms with Crippen molar-refractivity contribution in [1.82, 2.24) is 4.31 Å². The van der Waals surface area contributed by atoms with Crippen LogP contribution < -0.4 is 5.63 Å². The van der Waals surface area contributed by atoms with Gasteiger partial charge < -0.3 is 4.42 Å². The van der Waals surface area contributed by atoms with Gasteiger partial charge in [0.25, 0.3) is 0 Å². The number of sulfonamides is 1. The van der Waals surface area contributed by atoms with E-state index in [1.54, 1.807) is 30.0 Å². The minimum atomic E-state index is -4.68. The predicted molar refractivity (Wildman–Crippen MR) is 108 cm³/mol. The molecule has 1 aliphatic rings. The molecule has 0 atom stereocenters. The molecule has 0 aliphatic carbocycles. The molecule has 1 aliphatic heterocycles. The van der Waals surface area contributed by atoms with Crippen molar-refractivity contribution < 1.29 is 26.0 Å². The number of rotatable bonds is 4. The van der Waals surface area contributed by atoms with Gasteiger partial charge in [0.15, 0.2) is 0 Å². The summed E-state index contributed by atoms with van der Waals surface area (Å²) in [4.78, 5) is 11.6. The lowest BCUT2D eigenvalue weighted by atomic mass is 10.0. The number of hydrogen-bond donors (Lipinski definition) is 0. The van der Waals surface area contributed by atoms with E-state index >= 15 is 0 Å². The minimum absolute atomic E-state index is 0.136. The third-order valence-electron chi connectivity index (χ3n) is 4.80. The van der Waals surface area contributed by atoms with Gasteiger partial charge in [-0.1, -0.05) is 18.2 Å². The largest absolute Gasteiger partial charge is 0.423 e. The molecule has 0 spiro atoms. The molecule has 2 heterocycles. The van der Waals surface area contributed by atoms with Gasteiger partial charge in [-0.2, -0.15) is 17.5 Å². The van der Waals surface area contributed by atoms with E-state index in [1.165, 1.54) is 28.6 Å². The highest BCUT2D eigenvalue weighted by molar-refractivity contribution is 8.00. The zero-order valence-corrected chi connectivity index (χ0v) is 17.1. The molecule has 10 heteroatoms. The first-order valence-corrected chi connectivity index (χ1v) is 11.5. The van der Waals surface area contributed by atoms with Gasteiger partial charge in [0.2, 0.25) is 10.0 Å². The van der Waals surface area contributed by atoms with E-state index in [-0.39, 0.29) is 15.9 Å². The van der Waals surface area contributed by atoms with Crippen LogP contribution in [0.15, 0.2) is 62.6 Å². The quantitative estimate of drug-likeness (QED) is 0.554. The monoisotopic (exact) mass is 455 g/mol. The second-order valence-electron chi connectivity index (χ2n) is 6.85. The fraction of sp³-hybridized carbons (Fsp3) is 0.250. The first-order valence-electron chi connectivity index (χ1n) is 8.95. The average molecular weight is 455 g/mol. The van der Waals surface area contributed by atoms with Gasteiger partial charge in [-0.15, -0.1) is 11.8 Å². The third-order valence-corrected chi connectivity index (χ3v) is 7.79. The molecular formula is C20H16F3NO4S2. The summed E-state index contributed by atoms with van der Waals surface area (Å²) < 4.78 is 71.3. The molecule has 1 aromatic heterocycles. The molecule has 0 saturated carbocycles. The Kier molecular flexibility index (Phi) is 5.41. The van der Waals surface area contributed by atoms with Gasteiger partial charge in [0.1, 0.15) is 5.58 Å². The van der Waals surface area contributed by atoms with Crippen LogP contribution in [0.1, 0.15) is 16.7 Å². The molecule has 30 heavy (non-hydrogen) atoms. The van der Waals surface area contributed by atoms with E-state index in [4.69, 9.17) is 4.42 Å². The summed E-state index contributed by atoms with van der Waals surface area (Å²) in [5, 5.41) is -0.190. The van der Waals surface area contributed by atoms with Gasteiger partial charge in [0, 0.05) is 23.8 Å². The molecule has 0 radical (unpaired) electrons. The zero-order valence-electron chi connectivity index (χ0n) is 15.5. The third kappa shape index (κ3) is 4.12. The Morgan fingerprint density at radius 1 is 1.03 bits per heavy atom. The summed E-state index contributed by atoms with van der Waals surface area (Å²) >= 11 is 1.55. The lowest BCUT2D eigenvalue weighted by Gasteiger charge is -2.15. The van der Waals surface area contributed by atoms with Crippen molar-refractivity contribution >= 4 is 32.8 Å². The van der Waals surface area contributed by atoms with Crippen LogP contribution in [0.25, 0.3) is 11.0 Å². The van der Waals surface area contributed by atoms with Crippen molar-refractivity contribution in [2.45, 2.75) is 17.5 Å². The van der Waals surface area contributed by atoms with Crippen LogP contribution in [0, 0.1) is 0 Å². The van der Waals surface area contributed by atoms with E-state index < -0.39 is 27.4 Å². The van der Waals surface area contributed by atoms with Crippen molar-refractivity contribution in [3.63, 3.8) is 0 Å². The fourth-order valence-corrected chi connectivity index (χ4v) is 6.12. The maximum Gasteiger partial charge on any atom is 0.417 e. The topological polar surface area (TPSA) is 67.6 Å². The Hall–Kier alpha value is -2.30. The van der Waals surface area contributed by atoms with Crippen molar-refractivity contribution in [3.8, 4) is 0 Å². The number of alkyl halides is 3. The Bertz CT molecular complexity index is 1250. The summed E-state index contributed by atoms with van der Waals surface area (Å²) in [6, 6.07) is 11.0. The SMILES string of the molecule is O=c1cc(C(F)(F)F)c2cc(Cc3ccc(S(=O)(=O)N4CCSC4)cc3)ccc2o1. The Balaban J connectivity index is 1.63. The van der Waals surface area contributed by atoms with Crippen LogP contribution in [-0.4, -0.2) is 30.9 Å². The van der Waals surface area contributed by atoms with E-state index in [2.05, 4.69) is 0 Å². The second-order valence-corrected chi connectivity index (χ2v) is 9.86. The molecule has 0 bridgehead atoms. The average Bonchev–Trinajstić information content (AvgIpc) is 3.23. The van der Waals surface area contributed by atoms with Crippen molar-refractivity contribution in [2.24, 2.45) is 0 Å². The lowest BCUT2D eigenvalue weighted by Crippen LogP contribution is -2.27. The smallest absolute Gasteiger partial charge is 0.417 e. The van der Waals surface area contributed by atoms with Crippen LogP contribution in [0.5, 0.6) is 0 Å². The van der Waals surface area contributed by atoms with Crippen LogP contribution >= 0.6 is 11.8 Å². The molecule has 0 unspecified atom stereocenters.